The molecule has 0 atom stereocenters. The van der Waals surface area contributed by atoms with E-state index in [9.17, 15) is 4.79 Å². The van der Waals surface area contributed by atoms with Crippen LogP contribution in [-0.2, 0) is 4.79 Å². The first kappa shape index (κ1) is 9.15. The van der Waals surface area contributed by atoms with Crippen molar-refractivity contribution in [2.45, 2.75) is 26.2 Å². The number of rotatable bonds is 5. The van der Waals surface area contributed by atoms with E-state index in [1.54, 1.807) is 0 Å². The molecule has 0 bridgehead atoms. The van der Waals surface area contributed by atoms with Crippen molar-refractivity contribution in [2.75, 3.05) is 0 Å². The normalized spacial score (nSPS) is 11.3. The molecular formula is C9H14O. The highest BCUT2D eigenvalue weighted by Crippen LogP contribution is 1.92. The molecule has 56 valence electrons. The molecule has 0 aromatic heterocycles. The maximum absolute atomic E-state index is 9.83. The summed E-state index contributed by atoms with van der Waals surface area (Å²) in [5, 5.41) is 0. The Kier molecular flexibility index (Phi) is 7.46. The largest absolute Gasteiger partial charge is 0.303 e. The first-order valence-electron chi connectivity index (χ1n) is 3.61. The van der Waals surface area contributed by atoms with Crippen LogP contribution in [0.5, 0.6) is 0 Å². The van der Waals surface area contributed by atoms with Crippen LogP contribution in [0.15, 0.2) is 24.3 Å². The lowest BCUT2D eigenvalue weighted by Crippen LogP contribution is -1.67. The number of hydrogen-bond acceptors (Lipinski definition) is 1. The van der Waals surface area contributed by atoms with Crippen molar-refractivity contribution in [1.29, 1.82) is 0 Å². The van der Waals surface area contributed by atoms with E-state index in [1.165, 1.54) is 0 Å². The van der Waals surface area contributed by atoms with Crippen molar-refractivity contribution >= 4 is 6.29 Å². The Morgan fingerprint density at radius 1 is 1.10 bits per heavy atom. The molecule has 10 heavy (non-hydrogen) atoms. The maximum atomic E-state index is 9.83. The Labute approximate surface area is 62.4 Å². The minimum absolute atomic E-state index is 0.551. The minimum atomic E-state index is 0.551. The molecule has 0 heterocycles. The molecule has 0 spiro atoms. The zero-order valence-corrected chi connectivity index (χ0v) is 6.42. The van der Waals surface area contributed by atoms with E-state index in [1.807, 2.05) is 25.2 Å². The summed E-state index contributed by atoms with van der Waals surface area (Å²) in [6, 6.07) is 0. The highest BCUT2D eigenvalue weighted by Gasteiger charge is 1.74. The van der Waals surface area contributed by atoms with Gasteiger partial charge < -0.3 is 4.79 Å². The Hall–Kier alpha value is -0.850. The van der Waals surface area contributed by atoms with Crippen molar-refractivity contribution in [3.63, 3.8) is 0 Å². The minimum Gasteiger partial charge on any atom is -0.303 e. The van der Waals surface area contributed by atoms with Crippen LogP contribution in [0, 0.1) is 0 Å². The molecule has 0 fully saturated rings. The van der Waals surface area contributed by atoms with Gasteiger partial charge in [0.05, 0.1) is 0 Å². The number of hydrogen-bond donors (Lipinski definition) is 0. The average Bonchev–Trinajstić information content (AvgIpc) is 1.97. The van der Waals surface area contributed by atoms with Gasteiger partial charge in [-0.05, 0) is 19.8 Å². The number of unbranched alkanes of at least 4 members (excludes halogenated alkanes) is 1. The molecule has 0 aliphatic heterocycles. The standard InChI is InChI=1S/C9H14O/c1-2-3-4-5-6-7-8-9-10/h2-3,6-7,9H,4-5,8H2,1H3/b3-2-,7-6-. The number of carbonyl (C=O) groups excluding carboxylic acids is 1. The van der Waals surface area contributed by atoms with Gasteiger partial charge in [-0.3, -0.25) is 0 Å². The maximum Gasteiger partial charge on any atom is 0.123 e. The quantitative estimate of drug-likeness (QED) is 0.324. The molecular weight excluding hydrogens is 124 g/mol. The van der Waals surface area contributed by atoms with Crippen LogP contribution in [-0.4, -0.2) is 6.29 Å². The van der Waals surface area contributed by atoms with E-state index in [0.29, 0.717) is 6.42 Å². The molecule has 1 nitrogen and oxygen atoms in total. The Balaban J connectivity index is 3.09. The first-order chi connectivity index (χ1) is 4.91. The molecule has 0 aromatic rings. The lowest BCUT2D eigenvalue weighted by Gasteiger charge is -1.83. The predicted octanol–water partition coefficient (Wildman–Crippen LogP) is 2.49. The van der Waals surface area contributed by atoms with Crippen LogP contribution in [0.4, 0.5) is 0 Å². The summed E-state index contributed by atoms with van der Waals surface area (Å²) in [7, 11) is 0. The van der Waals surface area contributed by atoms with E-state index in [-0.39, 0.29) is 0 Å². The summed E-state index contributed by atoms with van der Waals surface area (Å²) >= 11 is 0. The van der Waals surface area contributed by atoms with Crippen LogP contribution in [0.25, 0.3) is 0 Å². The summed E-state index contributed by atoms with van der Waals surface area (Å²) < 4.78 is 0. The molecule has 0 saturated heterocycles. The second-order valence-electron chi connectivity index (χ2n) is 2.02. The third-order valence-corrected chi connectivity index (χ3v) is 1.13. The smallest absolute Gasteiger partial charge is 0.123 e. The van der Waals surface area contributed by atoms with Gasteiger partial charge >= 0.3 is 0 Å². The van der Waals surface area contributed by atoms with Gasteiger partial charge in [-0.25, -0.2) is 0 Å². The van der Waals surface area contributed by atoms with E-state index >= 15 is 0 Å². The molecule has 0 aromatic carbocycles. The van der Waals surface area contributed by atoms with Crippen LogP contribution in [0.3, 0.4) is 0 Å². The molecule has 0 aliphatic carbocycles. The lowest BCUT2D eigenvalue weighted by molar-refractivity contribution is -0.107. The first-order valence-corrected chi connectivity index (χ1v) is 3.61. The fourth-order valence-corrected chi connectivity index (χ4v) is 0.629. The second-order valence-corrected chi connectivity index (χ2v) is 2.02. The fraction of sp³-hybridized carbons (Fsp3) is 0.444. The van der Waals surface area contributed by atoms with E-state index in [0.717, 1.165) is 19.1 Å². The highest BCUT2D eigenvalue weighted by molar-refractivity contribution is 5.51. The fourth-order valence-electron chi connectivity index (χ4n) is 0.629. The zero-order chi connectivity index (χ0) is 7.66. The van der Waals surface area contributed by atoms with Gasteiger partial charge in [0.15, 0.2) is 0 Å². The van der Waals surface area contributed by atoms with E-state index in [2.05, 4.69) is 6.08 Å². The van der Waals surface area contributed by atoms with Crippen LogP contribution >= 0.6 is 0 Å². The summed E-state index contributed by atoms with van der Waals surface area (Å²) in [5.41, 5.74) is 0. The third kappa shape index (κ3) is 7.15. The SMILES string of the molecule is C/C=C\CC/C=C\CC=O. The molecule has 0 amide bonds. The molecule has 0 unspecified atom stereocenters. The monoisotopic (exact) mass is 138 g/mol. The van der Waals surface area contributed by atoms with Crippen LogP contribution < -0.4 is 0 Å². The van der Waals surface area contributed by atoms with Crippen molar-refractivity contribution in [3.05, 3.63) is 24.3 Å². The van der Waals surface area contributed by atoms with Gasteiger partial charge in [-0.1, -0.05) is 24.3 Å². The van der Waals surface area contributed by atoms with E-state index in [4.69, 9.17) is 0 Å². The summed E-state index contributed by atoms with van der Waals surface area (Å²) in [5.74, 6) is 0. The second kappa shape index (κ2) is 8.15. The number of allylic oxidation sites excluding steroid dienone is 4. The lowest BCUT2D eigenvalue weighted by atomic mass is 10.2. The Bertz CT molecular complexity index is 123. The summed E-state index contributed by atoms with van der Waals surface area (Å²) in [6.07, 6.45) is 11.7. The van der Waals surface area contributed by atoms with Gasteiger partial charge in [0.2, 0.25) is 0 Å². The summed E-state index contributed by atoms with van der Waals surface area (Å²) in [6.45, 7) is 2.01. The average molecular weight is 138 g/mol. The Morgan fingerprint density at radius 3 is 2.40 bits per heavy atom. The van der Waals surface area contributed by atoms with Gasteiger partial charge in [-0.2, -0.15) is 0 Å². The molecule has 0 rings (SSSR count). The summed E-state index contributed by atoms with van der Waals surface area (Å²) in [4.78, 5) is 9.83. The highest BCUT2D eigenvalue weighted by atomic mass is 16.1. The van der Waals surface area contributed by atoms with Gasteiger partial charge in [0.1, 0.15) is 6.29 Å². The topological polar surface area (TPSA) is 17.1 Å². The third-order valence-electron chi connectivity index (χ3n) is 1.13. The van der Waals surface area contributed by atoms with Gasteiger partial charge in [0, 0.05) is 6.42 Å². The molecule has 1 heteroatoms. The zero-order valence-electron chi connectivity index (χ0n) is 6.42. The van der Waals surface area contributed by atoms with Crippen molar-refractivity contribution in [3.8, 4) is 0 Å². The molecule has 0 N–H and O–H groups in total. The molecule has 0 saturated carbocycles. The van der Waals surface area contributed by atoms with Gasteiger partial charge in [-0.15, -0.1) is 0 Å². The number of aldehydes is 1. The van der Waals surface area contributed by atoms with Gasteiger partial charge in [0.25, 0.3) is 0 Å². The number of carbonyl (C=O) groups is 1. The molecule has 0 radical (unpaired) electrons. The van der Waals surface area contributed by atoms with Crippen molar-refractivity contribution in [2.24, 2.45) is 0 Å². The van der Waals surface area contributed by atoms with Crippen LogP contribution in [0.1, 0.15) is 26.2 Å². The molecule has 0 aliphatic rings. The van der Waals surface area contributed by atoms with Crippen molar-refractivity contribution < 1.29 is 4.79 Å². The predicted molar refractivity (Wildman–Crippen MR) is 43.9 cm³/mol. The van der Waals surface area contributed by atoms with Crippen molar-refractivity contribution in [1.82, 2.24) is 0 Å². The van der Waals surface area contributed by atoms with Crippen LogP contribution in [0.2, 0.25) is 0 Å². The Morgan fingerprint density at radius 2 is 1.80 bits per heavy atom. The van der Waals surface area contributed by atoms with E-state index < -0.39 is 0 Å².